The number of methoxy groups -OCH3 is 1. The number of halogens is 1. The van der Waals surface area contributed by atoms with Gasteiger partial charge >= 0.3 is 13.1 Å². The summed E-state index contributed by atoms with van der Waals surface area (Å²) in [6.45, 7) is 10.4. The second kappa shape index (κ2) is 10.1. The number of nitrogens with zero attached hydrogens (tertiary/aromatic N) is 2. The normalized spacial score (nSPS) is 16.0. The Kier molecular flexibility index (Phi) is 7.27. The second-order valence-electron chi connectivity index (χ2n) is 9.72. The highest BCUT2D eigenvalue weighted by Crippen LogP contribution is 2.37. The largest absolute Gasteiger partial charge is 0.495 e. The number of esters is 1. The number of aromatic nitrogens is 2. The van der Waals surface area contributed by atoms with E-state index in [0.29, 0.717) is 40.0 Å². The third kappa shape index (κ3) is 5.48. The van der Waals surface area contributed by atoms with Gasteiger partial charge < -0.3 is 24.7 Å². The summed E-state index contributed by atoms with van der Waals surface area (Å²) in [6.07, 6.45) is 1.73. The quantitative estimate of drug-likeness (QED) is 0.344. The van der Waals surface area contributed by atoms with E-state index in [9.17, 15) is 4.79 Å². The molecule has 0 atom stereocenters. The van der Waals surface area contributed by atoms with Crippen LogP contribution in [0.1, 0.15) is 49.2 Å². The molecule has 1 saturated heterocycles. The highest BCUT2D eigenvalue weighted by molar-refractivity contribution is 6.63. The Morgan fingerprint density at radius 2 is 1.83 bits per heavy atom. The van der Waals surface area contributed by atoms with Crippen LogP contribution in [-0.4, -0.2) is 41.4 Å². The first-order valence-corrected chi connectivity index (χ1v) is 12.0. The number of benzene rings is 2. The van der Waals surface area contributed by atoms with Gasteiger partial charge in [0.25, 0.3) is 0 Å². The van der Waals surface area contributed by atoms with Gasteiger partial charge in [0.1, 0.15) is 5.82 Å². The van der Waals surface area contributed by atoms with Crippen LogP contribution in [0, 0.1) is 6.92 Å². The van der Waals surface area contributed by atoms with Crippen LogP contribution in [-0.2, 0) is 20.6 Å². The van der Waals surface area contributed by atoms with Gasteiger partial charge in [-0.3, -0.25) is 0 Å². The van der Waals surface area contributed by atoms with Gasteiger partial charge in [0.2, 0.25) is 5.95 Å². The number of anilines is 3. The maximum Gasteiger partial charge on any atom is 0.495 e. The molecule has 0 saturated carbocycles. The predicted molar refractivity (Wildman–Crippen MR) is 142 cm³/mol. The Labute approximate surface area is 216 Å². The summed E-state index contributed by atoms with van der Waals surface area (Å²) in [7, 11) is 0.647. The Morgan fingerprint density at radius 3 is 2.50 bits per heavy atom. The zero-order valence-electron chi connectivity index (χ0n) is 21.3. The van der Waals surface area contributed by atoms with Gasteiger partial charge in [-0.1, -0.05) is 29.8 Å². The van der Waals surface area contributed by atoms with E-state index < -0.39 is 24.3 Å². The van der Waals surface area contributed by atoms with Crippen molar-refractivity contribution in [3.8, 4) is 0 Å². The van der Waals surface area contributed by atoms with Crippen LogP contribution in [0.3, 0.4) is 0 Å². The van der Waals surface area contributed by atoms with Crippen molar-refractivity contribution in [2.24, 2.45) is 0 Å². The van der Waals surface area contributed by atoms with Crippen molar-refractivity contribution in [1.82, 2.24) is 9.97 Å². The molecular weight excluding hydrogens is 479 g/mol. The van der Waals surface area contributed by atoms with Gasteiger partial charge in [-0.25, -0.2) is 9.78 Å². The van der Waals surface area contributed by atoms with Crippen LogP contribution in [0.15, 0.2) is 48.7 Å². The van der Waals surface area contributed by atoms with Gasteiger partial charge in [-0.2, -0.15) is 4.98 Å². The highest BCUT2D eigenvalue weighted by Gasteiger charge is 2.52. The molecule has 2 heterocycles. The summed E-state index contributed by atoms with van der Waals surface area (Å²) in [5.74, 6) is 0.583. The first-order chi connectivity index (χ1) is 17.0. The van der Waals surface area contributed by atoms with Crippen molar-refractivity contribution in [2.75, 3.05) is 17.7 Å². The third-order valence-corrected chi connectivity index (χ3v) is 6.78. The number of carbonyl (C=O) groups is 1. The van der Waals surface area contributed by atoms with E-state index >= 15 is 0 Å². The summed E-state index contributed by atoms with van der Waals surface area (Å²) >= 11 is 6.09. The summed E-state index contributed by atoms with van der Waals surface area (Å²) in [6, 6.07) is 13.0. The van der Waals surface area contributed by atoms with Crippen LogP contribution in [0.5, 0.6) is 0 Å². The van der Waals surface area contributed by atoms with Crippen LogP contribution in [0.4, 0.5) is 17.5 Å². The molecule has 4 rings (SSSR count). The summed E-state index contributed by atoms with van der Waals surface area (Å²) in [5, 5.41) is 7.18. The first kappa shape index (κ1) is 25.9. The molecule has 1 aliphatic heterocycles. The van der Waals surface area contributed by atoms with Crippen molar-refractivity contribution >= 4 is 47.6 Å². The molecule has 10 heteroatoms. The van der Waals surface area contributed by atoms with Crippen LogP contribution in [0.2, 0.25) is 5.02 Å². The van der Waals surface area contributed by atoms with Gasteiger partial charge in [-0.15, -0.1) is 0 Å². The predicted octanol–water partition coefficient (Wildman–Crippen LogP) is 4.88. The van der Waals surface area contributed by atoms with E-state index in [2.05, 4.69) is 20.6 Å². The van der Waals surface area contributed by atoms with Gasteiger partial charge in [0, 0.05) is 29.0 Å². The minimum absolute atomic E-state index is 0.340. The Morgan fingerprint density at radius 1 is 1.11 bits per heavy atom. The molecule has 1 fully saturated rings. The molecule has 36 heavy (non-hydrogen) atoms. The van der Waals surface area contributed by atoms with Crippen molar-refractivity contribution in [2.45, 2.75) is 52.4 Å². The van der Waals surface area contributed by atoms with E-state index in [0.717, 1.165) is 11.1 Å². The highest BCUT2D eigenvalue weighted by atomic mass is 35.5. The van der Waals surface area contributed by atoms with E-state index in [-0.39, 0.29) is 0 Å². The maximum absolute atomic E-state index is 12.6. The van der Waals surface area contributed by atoms with Crippen LogP contribution < -0.4 is 16.1 Å². The Bertz CT molecular complexity index is 1270. The number of rotatable bonds is 7. The molecule has 2 aromatic carbocycles. The smallest absolute Gasteiger partial charge is 0.465 e. The maximum atomic E-state index is 12.6. The number of hydrogen-bond acceptors (Lipinski definition) is 8. The SMILES string of the molecule is COC(=O)c1cc(Nc2ncc(C)c(NCc3cccc(Cl)c3)n2)ccc1B1OC(C)(C)C(C)(C)O1. The number of aryl methyl sites for hydroxylation is 1. The molecule has 0 bridgehead atoms. The fourth-order valence-corrected chi connectivity index (χ4v) is 3.95. The zero-order chi connectivity index (χ0) is 26.1. The van der Waals surface area contributed by atoms with Crippen LogP contribution in [0.25, 0.3) is 0 Å². The molecule has 3 aromatic rings. The van der Waals surface area contributed by atoms with E-state index in [1.54, 1.807) is 18.3 Å². The van der Waals surface area contributed by atoms with Gasteiger partial charge in [0.15, 0.2) is 0 Å². The molecule has 1 aliphatic rings. The second-order valence-corrected chi connectivity index (χ2v) is 10.2. The molecule has 188 valence electrons. The monoisotopic (exact) mass is 508 g/mol. The minimum Gasteiger partial charge on any atom is -0.465 e. The lowest BCUT2D eigenvalue weighted by molar-refractivity contribution is 0.00578. The third-order valence-electron chi connectivity index (χ3n) is 6.54. The lowest BCUT2D eigenvalue weighted by Crippen LogP contribution is -2.41. The Hall–Kier alpha value is -3.14. The molecule has 2 N–H and O–H groups in total. The number of hydrogen-bond donors (Lipinski definition) is 2. The standard InChI is InChI=1S/C26H30BClN4O4/c1-16-14-30-24(32-22(16)29-15-17-8-7-9-18(28)12-17)31-19-10-11-21(20(13-19)23(33)34-6)27-35-25(2,3)26(4,5)36-27/h7-14H,15H2,1-6H3,(H2,29,30,31,32). The number of nitrogens with one attached hydrogen (secondary N) is 2. The van der Waals surface area contributed by atoms with Gasteiger partial charge in [-0.05, 0) is 69.9 Å². The zero-order valence-corrected chi connectivity index (χ0v) is 22.1. The van der Waals surface area contributed by atoms with Crippen LogP contribution >= 0.6 is 11.6 Å². The van der Waals surface area contributed by atoms with Gasteiger partial charge in [0.05, 0.1) is 23.9 Å². The summed E-state index contributed by atoms with van der Waals surface area (Å²) in [5.41, 5.74) is 2.43. The topological polar surface area (TPSA) is 94.6 Å². The van der Waals surface area contributed by atoms with E-state index in [4.69, 9.17) is 25.6 Å². The van der Waals surface area contributed by atoms with Crippen molar-refractivity contribution in [1.29, 1.82) is 0 Å². The molecule has 1 aromatic heterocycles. The summed E-state index contributed by atoms with van der Waals surface area (Å²) in [4.78, 5) is 21.6. The average Bonchev–Trinajstić information content (AvgIpc) is 3.05. The molecule has 0 spiro atoms. The number of carbonyl (C=O) groups excluding carboxylic acids is 1. The lowest BCUT2D eigenvalue weighted by Gasteiger charge is -2.32. The molecule has 0 radical (unpaired) electrons. The molecule has 8 nitrogen and oxygen atoms in total. The van der Waals surface area contributed by atoms with E-state index in [1.165, 1.54) is 7.11 Å². The fourth-order valence-electron chi connectivity index (χ4n) is 3.74. The van der Waals surface area contributed by atoms with Crippen molar-refractivity contribution < 1.29 is 18.8 Å². The van der Waals surface area contributed by atoms with E-state index in [1.807, 2.05) is 65.0 Å². The molecule has 0 amide bonds. The summed E-state index contributed by atoms with van der Waals surface area (Å²) < 4.78 is 17.3. The Balaban J connectivity index is 1.56. The number of ether oxygens (including phenoxy) is 1. The van der Waals surface area contributed by atoms with Crippen molar-refractivity contribution in [3.05, 3.63) is 70.4 Å². The molecule has 0 aliphatic carbocycles. The first-order valence-electron chi connectivity index (χ1n) is 11.7. The molecular formula is C26H30BClN4O4. The fraction of sp³-hybridized carbons (Fsp3) is 0.346. The lowest BCUT2D eigenvalue weighted by atomic mass is 9.75. The van der Waals surface area contributed by atoms with Crippen molar-refractivity contribution in [3.63, 3.8) is 0 Å². The average molecular weight is 509 g/mol. The minimum atomic E-state index is -0.698. The molecule has 0 unspecified atom stereocenters.